The van der Waals surface area contributed by atoms with Gasteiger partial charge in [0.05, 0.1) is 16.7 Å². The average Bonchev–Trinajstić information content (AvgIpc) is 4.13. The zero-order valence-corrected chi connectivity index (χ0v) is 42.9. The third-order valence-corrected chi connectivity index (χ3v) is 14.9. The van der Waals surface area contributed by atoms with Crippen LogP contribution >= 0.6 is 0 Å². The molecule has 0 saturated carbocycles. The van der Waals surface area contributed by atoms with Gasteiger partial charge in [-0.3, -0.25) is 0 Å². The van der Waals surface area contributed by atoms with E-state index in [0.29, 0.717) is 35.2 Å². The van der Waals surface area contributed by atoms with Gasteiger partial charge in [0.25, 0.3) is 0 Å². The molecule has 1 aliphatic rings. The summed E-state index contributed by atoms with van der Waals surface area (Å²) >= 11 is 0. The molecule has 10 aromatic carbocycles. The second-order valence-electron chi connectivity index (χ2n) is 20.0. The molecular formula is C69H49N9. The van der Waals surface area contributed by atoms with Gasteiger partial charge < -0.3 is 9.47 Å². The fraction of sp³-hybridized carbons (Fsp3) is 0.0435. The van der Waals surface area contributed by atoms with Crippen molar-refractivity contribution in [1.29, 1.82) is 0 Å². The van der Waals surface area contributed by atoms with Gasteiger partial charge in [0, 0.05) is 61.2 Å². The number of para-hydroxylation sites is 3. The Balaban J connectivity index is 1.02. The Kier molecular flexibility index (Phi) is 11.3. The number of hydrogen-bond acceptors (Lipinski definition) is 8. The van der Waals surface area contributed by atoms with Crippen LogP contribution in [0.3, 0.4) is 0 Å². The molecule has 0 amide bonds. The lowest BCUT2D eigenvalue weighted by atomic mass is 9.82. The van der Waals surface area contributed by atoms with E-state index in [4.69, 9.17) is 29.9 Å². The summed E-state index contributed by atoms with van der Waals surface area (Å²) in [6, 6.07) is 90.4. The number of benzene rings is 10. The van der Waals surface area contributed by atoms with Gasteiger partial charge in [0.15, 0.2) is 23.3 Å². The van der Waals surface area contributed by atoms with Crippen LogP contribution in [0, 0.1) is 0 Å². The summed E-state index contributed by atoms with van der Waals surface area (Å²) in [5, 5.41) is 2.15. The normalized spacial score (nSPS) is 12.3. The molecule has 0 atom stereocenters. The molecule has 0 spiro atoms. The fourth-order valence-electron chi connectivity index (χ4n) is 11.1. The van der Waals surface area contributed by atoms with Crippen molar-refractivity contribution >= 4 is 56.5 Å². The molecule has 0 bridgehead atoms. The van der Waals surface area contributed by atoms with Crippen molar-refractivity contribution in [3.8, 4) is 62.4 Å². The molecule has 3 aromatic heterocycles. The van der Waals surface area contributed by atoms with Crippen molar-refractivity contribution in [2.45, 2.75) is 19.3 Å². The van der Waals surface area contributed by atoms with Crippen LogP contribution < -0.4 is 9.80 Å². The fourth-order valence-corrected chi connectivity index (χ4v) is 11.1. The first-order valence-corrected chi connectivity index (χ1v) is 26.2. The van der Waals surface area contributed by atoms with E-state index in [9.17, 15) is 0 Å². The average molecular weight is 1000 g/mol. The molecule has 0 saturated heterocycles. The molecule has 13 aromatic rings. The first kappa shape index (κ1) is 46.2. The number of aromatic nitrogens is 7. The Hall–Kier alpha value is -10.4. The van der Waals surface area contributed by atoms with Crippen molar-refractivity contribution in [2.75, 3.05) is 9.80 Å². The molecule has 3 heterocycles. The Morgan fingerprint density at radius 1 is 0.308 bits per heavy atom. The van der Waals surface area contributed by atoms with E-state index in [1.807, 2.05) is 126 Å². The highest BCUT2D eigenvalue weighted by molar-refractivity contribution is 6.13. The third kappa shape index (κ3) is 8.13. The highest BCUT2D eigenvalue weighted by Gasteiger charge is 2.37. The largest absolute Gasteiger partial charge is 0.310 e. The standard InChI is InChI=1S/C69H49N9/c1-69(2)59-43-54(76(50-32-18-7-19-33-50)51-34-20-8-21-35-51)38-40-55(59)56-44-58-57-42-53(39-41-61(57)77(62(58)45-60(56)69)52-36-22-9-23-37-52)78(67-72-63(46-24-10-3-11-25-46)70-64(73-67)47-26-12-4-13-27-47)68-74-65(48-28-14-5-15-29-48)71-66(75-68)49-30-16-6-17-31-49/h3-45H,1-2H3. The zero-order valence-electron chi connectivity index (χ0n) is 42.9. The number of hydrogen-bond donors (Lipinski definition) is 0. The maximum atomic E-state index is 5.32. The molecule has 78 heavy (non-hydrogen) atoms. The molecule has 0 aliphatic heterocycles. The van der Waals surface area contributed by atoms with Gasteiger partial charge in [-0.15, -0.1) is 0 Å². The van der Waals surface area contributed by atoms with Gasteiger partial charge in [-0.2, -0.15) is 19.9 Å². The van der Waals surface area contributed by atoms with Gasteiger partial charge >= 0.3 is 0 Å². The number of fused-ring (bicyclic) bond motifs is 6. The molecule has 1 aliphatic carbocycles. The lowest BCUT2D eigenvalue weighted by Gasteiger charge is -2.28. The quantitative estimate of drug-likeness (QED) is 0.127. The van der Waals surface area contributed by atoms with E-state index in [1.165, 1.54) is 22.3 Å². The van der Waals surface area contributed by atoms with Crippen LogP contribution in [0.1, 0.15) is 25.0 Å². The maximum absolute atomic E-state index is 5.32. The molecule has 9 nitrogen and oxygen atoms in total. The van der Waals surface area contributed by atoms with Crippen LogP contribution in [0.2, 0.25) is 0 Å². The van der Waals surface area contributed by atoms with E-state index in [0.717, 1.165) is 72.5 Å². The van der Waals surface area contributed by atoms with Gasteiger partial charge in [-0.05, 0) is 101 Å². The topological polar surface area (TPSA) is 88.8 Å². The summed E-state index contributed by atoms with van der Waals surface area (Å²) in [6.07, 6.45) is 0. The monoisotopic (exact) mass is 1000 g/mol. The molecular weight excluding hydrogens is 955 g/mol. The van der Waals surface area contributed by atoms with Gasteiger partial charge in [0.2, 0.25) is 11.9 Å². The number of anilines is 6. The molecule has 14 rings (SSSR count). The van der Waals surface area contributed by atoms with Crippen molar-refractivity contribution in [1.82, 2.24) is 34.5 Å². The Bertz CT molecular complexity index is 4040. The molecule has 9 heteroatoms. The molecule has 0 fully saturated rings. The highest BCUT2D eigenvalue weighted by Crippen LogP contribution is 2.53. The number of rotatable bonds is 11. The van der Waals surface area contributed by atoms with Crippen molar-refractivity contribution in [2.24, 2.45) is 0 Å². The predicted octanol–water partition coefficient (Wildman–Crippen LogP) is 17.1. The number of nitrogens with zero attached hydrogens (tertiary/aromatic N) is 9. The minimum atomic E-state index is -0.328. The highest BCUT2D eigenvalue weighted by atomic mass is 15.4. The van der Waals surface area contributed by atoms with Crippen molar-refractivity contribution in [3.05, 3.63) is 272 Å². The summed E-state index contributed by atoms with van der Waals surface area (Å²) in [4.78, 5) is 35.8. The van der Waals surface area contributed by atoms with Gasteiger partial charge in [0.1, 0.15) is 0 Å². The van der Waals surface area contributed by atoms with Crippen molar-refractivity contribution in [3.63, 3.8) is 0 Å². The Morgan fingerprint density at radius 2 is 0.692 bits per heavy atom. The van der Waals surface area contributed by atoms with Crippen LogP contribution in [0.4, 0.5) is 34.6 Å². The summed E-state index contributed by atoms with van der Waals surface area (Å²) in [5.41, 5.74) is 15.3. The lowest BCUT2D eigenvalue weighted by molar-refractivity contribution is 0.661. The lowest BCUT2D eigenvalue weighted by Crippen LogP contribution is -2.19. The second-order valence-corrected chi connectivity index (χ2v) is 20.0. The second kappa shape index (κ2) is 19.1. The first-order valence-electron chi connectivity index (χ1n) is 26.2. The maximum Gasteiger partial charge on any atom is 0.241 e. The van der Waals surface area contributed by atoms with Crippen LogP contribution in [-0.2, 0) is 5.41 Å². The van der Waals surface area contributed by atoms with Gasteiger partial charge in [-0.1, -0.05) is 196 Å². The molecule has 0 radical (unpaired) electrons. The first-order chi connectivity index (χ1) is 38.4. The summed E-state index contributed by atoms with van der Waals surface area (Å²) in [7, 11) is 0. The minimum Gasteiger partial charge on any atom is -0.310 e. The molecule has 0 N–H and O–H groups in total. The smallest absolute Gasteiger partial charge is 0.241 e. The minimum absolute atomic E-state index is 0.328. The van der Waals surface area contributed by atoms with Crippen LogP contribution in [0.5, 0.6) is 0 Å². The van der Waals surface area contributed by atoms with E-state index < -0.39 is 0 Å². The predicted molar refractivity (Wildman–Crippen MR) is 316 cm³/mol. The van der Waals surface area contributed by atoms with E-state index in [-0.39, 0.29) is 5.41 Å². The summed E-state index contributed by atoms with van der Waals surface area (Å²) < 4.78 is 2.39. The van der Waals surface area contributed by atoms with E-state index >= 15 is 0 Å². The summed E-state index contributed by atoms with van der Waals surface area (Å²) in [5.74, 6) is 2.77. The van der Waals surface area contributed by atoms with E-state index in [2.05, 4.69) is 163 Å². The Labute approximate surface area is 452 Å². The van der Waals surface area contributed by atoms with Crippen LogP contribution in [-0.4, -0.2) is 34.5 Å². The SMILES string of the molecule is CC1(C)c2cc(N(c3ccccc3)c3ccccc3)ccc2-c2cc3c4cc(N(c5nc(-c6ccccc6)nc(-c6ccccc6)n5)c5nc(-c6ccccc6)nc(-c6ccccc6)n5)ccc4n(-c4ccccc4)c3cc21. The zero-order chi connectivity index (χ0) is 52.2. The summed E-state index contributed by atoms with van der Waals surface area (Å²) in [6.45, 7) is 4.72. The van der Waals surface area contributed by atoms with Crippen molar-refractivity contribution < 1.29 is 0 Å². The third-order valence-electron chi connectivity index (χ3n) is 14.9. The van der Waals surface area contributed by atoms with Crippen LogP contribution in [0.15, 0.2) is 261 Å². The Morgan fingerprint density at radius 3 is 1.15 bits per heavy atom. The van der Waals surface area contributed by atoms with Gasteiger partial charge in [-0.25, -0.2) is 14.9 Å². The molecule has 370 valence electrons. The van der Waals surface area contributed by atoms with Crippen LogP contribution in [0.25, 0.3) is 84.2 Å². The van der Waals surface area contributed by atoms with E-state index in [1.54, 1.807) is 0 Å². The molecule has 0 unspecified atom stereocenters.